The quantitative estimate of drug-likeness (QED) is 0.448. The Morgan fingerprint density at radius 2 is 1.76 bits per heavy atom. The van der Waals surface area contributed by atoms with Crippen molar-refractivity contribution in [2.45, 2.75) is 64.4 Å². The van der Waals surface area contributed by atoms with Gasteiger partial charge in [-0.2, -0.15) is 0 Å². The Hall–Kier alpha value is -2.49. The maximum atomic E-state index is 11.7. The van der Waals surface area contributed by atoms with Crippen LogP contribution in [0.25, 0.3) is 0 Å². The van der Waals surface area contributed by atoms with Crippen LogP contribution in [0.1, 0.15) is 61.3 Å². The minimum Gasteiger partial charge on any atom is -0.392 e. The Bertz CT molecular complexity index is 984. The summed E-state index contributed by atoms with van der Waals surface area (Å²) in [5, 5.41) is 15.1. The number of benzene rings is 2. The van der Waals surface area contributed by atoms with E-state index in [0.717, 1.165) is 48.4 Å². The van der Waals surface area contributed by atoms with Crippen LogP contribution in [-0.2, 0) is 27.4 Å². The summed E-state index contributed by atoms with van der Waals surface area (Å²) in [4.78, 5) is 14.2. The molecule has 2 amide bonds. The molecule has 2 aliphatic heterocycles. The average molecular weight is 512 g/mol. The topological polar surface area (TPSA) is 92.3 Å². The molecule has 37 heavy (non-hydrogen) atoms. The second kappa shape index (κ2) is 13.3. The summed E-state index contributed by atoms with van der Waals surface area (Å²) >= 11 is 0. The molecular weight excluding hydrogens is 470 g/mol. The van der Waals surface area contributed by atoms with Gasteiger partial charge in [-0.3, -0.25) is 4.90 Å². The molecule has 2 aromatic carbocycles. The van der Waals surface area contributed by atoms with Gasteiger partial charge in [0.25, 0.3) is 0 Å². The van der Waals surface area contributed by atoms with Crippen molar-refractivity contribution in [1.82, 2.24) is 15.5 Å². The summed E-state index contributed by atoms with van der Waals surface area (Å²) in [6.45, 7) is 7.77. The predicted molar refractivity (Wildman–Crippen MR) is 142 cm³/mol. The SMILES string of the molecule is CCNC(=O)NCc1ccc([C@H]2O[C@@H](CN3CCC[C@H]3COC)[C@@H](C)[C@@H](c3ccc(CO)cc3)O2)cc1. The van der Waals surface area contributed by atoms with E-state index in [9.17, 15) is 9.90 Å². The molecule has 2 aliphatic rings. The molecule has 0 radical (unpaired) electrons. The van der Waals surface area contributed by atoms with Gasteiger partial charge in [-0.1, -0.05) is 55.5 Å². The zero-order chi connectivity index (χ0) is 26.2. The lowest BCUT2D eigenvalue weighted by molar-refractivity contribution is -0.276. The number of carbonyl (C=O) groups is 1. The number of ether oxygens (including phenoxy) is 3. The molecule has 2 fully saturated rings. The van der Waals surface area contributed by atoms with Crippen molar-refractivity contribution in [3.8, 4) is 0 Å². The van der Waals surface area contributed by atoms with Crippen LogP contribution in [0.15, 0.2) is 48.5 Å². The van der Waals surface area contributed by atoms with Gasteiger partial charge < -0.3 is 30.0 Å². The second-order valence-electron chi connectivity index (χ2n) is 10.0. The van der Waals surface area contributed by atoms with Crippen molar-refractivity contribution < 1.29 is 24.1 Å². The molecule has 0 aliphatic carbocycles. The highest BCUT2D eigenvalue weighted by atomic mass is 16.7. The number of hydrogen-bond acceptors (Lipinski definition) is 6. The van der Waals surface area contributed by atoms with Crippen molar-refractivity contribution in [2.24, 2.45) is 5.92 Å². The van der Waals surface area contributed by atoms with Crippen LogP contribution >= 0.6 is 0 Å². The van der Waals surface area contributed by atoms with Crippen LogP contribution in [-0.4, -0.2) is 61.5 Å². The van der Waals surface area contributed by atoms with Gasteiger partial charge in [0.05, 0.1) is 25.4 Å². The molecule has 8 nitrogen and oxygen atoms in total. The first-order chi connectivity index (χ1) is 18.0. The molecular formula is C29H41N3O5. The van der Waals surface area contributed by atoms with Crippen LogP contribution < -0.4 is 10.6 Å². The van der Waals surface area contributed by atoms with Gasteiger partial charge >= 0.3 is 6.03 Å². The lowest BCUT2D eigenvalue weighted by atomic mass is 9.90. The number of urea groups is 1. The first-order valence-corrected chi connectivity index (χ1v) is 13.4. The molecule has 0 aromatic heterocycles. The number of rotatable bonds is 10. The smallest absolute Gasteiger partial charge is 0.315 e. The van der Waals surface area contributed by atoms with E-state index >= 15 is 0 Å². The van der Waals surface area contributed by atoms with Crippen molar-refractivity contribution >= 4 is 6.03 Å². The molecule has 2 aromatic rings. The van der Waals surface area contributed by atoms with Gasteiger partial charge in [-0.05, 0) is 43.0 Å². The van der Waals surface area contributed by atoms with Gasteiger partial charge in [0.2, 0.25) is 0 Å². The zero-order valence-electron chi connectivity index (χ0n) is 22.2. The Balaban J connectivity index is 1.52. The molecule has 2 heterocycles. The van der Waals surface area contributed by atoms with E-state index in [1.807, 2.05) is 55.5 Å². The maximum Gasteiger partial charge on any atom is 0.315 e. The van der Waals surface area contributed by atoms with Crippen molar-refractivity contribution in [1.29, 1.82) is 0 Å². The predicted octanol–water partition coefficient (Wildman–Crippen LogP) is 3.90. The fourth-order valence-electron chi connectivity index (χ4n) is 5.27. The fraction of sp³-hybridized carbons (Fsp3) is 0.552. The zero-order valence-corrected chi connectivity index (χ0v) is 22.2. The summed E-state index contributed by atoms with van der Waals surface area (Å²) in [7, 11) is 1.77. The normalized spacial score (nSPS) is 26.2. The van der Waals surface area contributed by atoms with E-state index in [4.69, 9.17) is 14.2 Å². The summed E-state index contributed by atoms with van der Waals surface area (Å²) in [5.74, 6) is 0.139. The standard InChI is InChI=1S/C29H41N3O5/c1-4-30-29(34)31-16-21-7-13-24(14-8-21)28-36-26(17-32-15-5-6-25(32)19-35-3)20(2)27(37-28)23-11-9-22(18-33)10-12-23/h7-14,20,25-28,33H,4-6,15-19H2,1-3H3,(H2,30,31,34)/t20-,25+,26+,27+,28+/m1/s1. The third-order valence-corrected chi connectivity index (χ3v) is 7.44. The van der Waals surface area contributed by atoms with Crippen molar-refractivity contribution in [2.75, 3.05) is 33.4 Å². The lowest BCUT2D eigenvalue weighted by Gasteiger charge is -2.43. The summed E-state index contributed by atoms with van der Waals surface area (Å²) < 4.78 is 18.7. The molecule has 3 N–H and O–H groups in total. The highest BCUT2D eigenvalue weighted by Gasteiger charge is 2.40. The van der Waals surface area contributed by atoms with Gasteiger partial charge in [-0.25, -0.2) is 4.79 Å². The van der Waals surface area contributed by atoms with E-state index in [1.165, 1.54) is 6.42 Å². The third-order valence-electron chi connectivity index (χ3n) is 7.44. The number of likely N-dealkylation sites (tertiary alicyclic amines) is 1. The number of methoxy groups -OCH3 is 1. The number of carbonyl (C=O) groups excluding carboxylic acids is 1. The molecule has 0 bridgehead atoms. The van der Waals surface area contributed by atoms with Crippen LogP contribution in [0.2, 0.25) is 0 Å². The Labute approximate surface area is 220 Å². The molecule has 5 atom stereocenters. The van der Waals surface area contributed by atoms with E-state index < -0.39 is 6.29 Å². The number of hydrogen-bond donors (Lipinski definition) is 3. The highest BCUT2D eigenvalue weighted by molar-refractivity contribution is 5.73. The Morgan fingerprint density at radius 3 is 2.43 bits per heavy atom. The number of nitrogens with one attached hydrogen (secondary N) is 2. The lowest BCUT2D eigenvalue weighted by Crippen LogP contribution is -2.46. The van der Waals surface area contributed by atoms with Crippen LogP contribution in [0.4, 0.5) is 4.79 Å². The Kier molecular flexibility index (Phi) is 9.94. The van der Waals surface area contributed by atoms with Crippen molar-refractivity contribution in [3.05, 3.63) is 70.8 Å². The fourth-order valence-corrected chi connectivity index (χ4v) is 5.27. The number of aliphatic hydroxyl groups is 1. The first kappa shape index (κ1) is 27.5. The molecule has 2 saturated heterocycles. The molecule has 202 valence electrons. The minimum absolute atomic E-state index is 0.0159. The van der Waals surface area contributed by atoms with Gasteiger partial charge in [-0.15, -0.1) is 0 Å². The first-order valence-electron chi connectivity index (χ1n) is 13.4. The van der Waals surface area contributed by atoms with E-state index in [0.29, 0.717) is 19.1 Å². The minimum atomic E-state index is -0.502. The number of aliphatic hydroxyl groups excluding tert-OH is 1. The summed E-state index contributed by atoms with van der Waals surface area (Å²) in [5.41, 5.74) is 3.92. The maximum absolute atomic E-state index is 11.7. The second-order valence-corrected chi connectivity index (χ2v) is 10.0. The summed E-state index contributed by atoms with van der Waals surface area (Å²) in [6.07, 6.45) is 1.66. The van der Waals surface area contributed by atoms with Crippen LogP contribution in [0.3, 0.4) is 0 Å². The average Bonchev–Trinajstić information content (AvgIpc) is 3.36. The Morgan fingerprint density at radius 1 is 1.05 bits per heavy atom. The van der Waals surface area contributed by atoms with Gasteiger partial charge in [0.1, 0.15) is 0 Å². The summed E-state index contributed by atoms with van der Waals surface area (Å²) in [6, 6.07) is 16.3. The van der Waals surface area contributed by atoms with Crippen molar-refractivity contribution in [3.63, 3.8) is 0 Å². The van der Waals surface area contributed by atoms with Gasteiger partial charge in [0.15, 0.2) is 6.29 Å². The van der Waals surface area contributed by atoms with Crippen LogP contribution in [0, 0.1) is 5.92 Å². The van der Waals surface area contributed by atoms with E-state index in [1.54, 1.807) is 7.11 Å². The molecule has 0 saturated carbocycles. The van der Waals surface area contributed by atoms with Gasteiger partial charge in [0, 0.05) is 44.3 Å². The molecule has 0 spiro atoms. The highest BCUT2D eigenvalue weighted by Crippen LogP contribution is 2.42. The molecule has 8 heteroatoms. The molecule has 4 rings (SSSR count). The molecule has 0 unspecified atom stereocenters. The monoisotopic (exact) mass is 511 g/mol. The van der Waals surface area contributed by atoms with Crippen LogP contribution in [0.5, 0.6) is 0 Å². The van der Waals surface area contributed by atoms with E-state index in [-0.39, 0.29) is 30.8 Å². The third kappa shape index (κ3) is 7.09. The number of nitrogens with zero attached hydrogens (tertiary/aromatic N) is 1. The van der Waals surface area contributed by atoms with E-state index in [2.05, 4.69) is 22.5 Å². The number of amides is 2. The largest absolute Gasteiger partial charge is 0.392 e.